The Kier molecular flexibility index (Phi) is 5.12. The fourth-order valence-electron chi connectivity index (χ4n) is 2.07. The highest BCUT2D eigenvalue weighted by Crippen LogP contribution is 2.06. The lowest BCUT2D eigenvalue weighted by Gasteiger charge is -2.32. The average Bonchev–Trinajstić information content (AvgIpc) is 2.99. The number of morpholine rings is 1. The molecule has 1 aromatic rings. The van der Waals surface area contributed by atoms with Crippen LogP contribution in [-0.2, 0) is 16.0 Å². The van der Waals surface area contributed by atoms with E-state index in [0.717, 1.165) is 0 Å². The molecule has 1 saturated heterocycles. The Morgan fingerprint density at radius 3 is 3.05 bits per heavy atom. The molecule has 2 unspecified atom stereocenters. The number of H-pyrrole nitrogens is 1. The van der Waals surface area contributed by atoms with Gasteiger partial charge < -0.3 is 30.2 Å². The lowest BCUT2D eigenvalue weighted by molar-refractivity contribution is -0.139. The molecule has 0 saturated carbocycles. The second kappa shape index (κ2) is 7.04. The summed E-state index contributed by atoms with van der Waals surface area (Å²) >= 11 is 0. The summed E-state index contributed by atoms with van der Waals surface area (Å²) in [5, 5.41) is 20.7. The molecule has 1 fully saturated rings. The van der Waals surface area contributed by atoms with Gasteiger partial charge in [-0.15, -0.1) is 0 Å². The number of aliphatic hydroxyl groups excluding tert-OH is 1. The van der Waals surface area contributed by atoms with Gasteiger partial charge in [0, 0.05) is 24.9 Å². The number of aromatic nitrogens is 2. The topological polar surface area (TPSA) is 128 Å². The van der Waals surface area contributed by atoms with Gasteiger partial charge in [-0.1, -0.05) is 0 Å². The Labute approximate surface area is 120 Å². The first-order chi connectivity index (χ1) is 10.1. The highest BCUT2D eigenvalue weighted by Gasteiger charge is 2.27. The summed E-state index contributed by atoms with van der Waals surface area (Å²) in [6.45, 7) is 0.731. The molecule has 0 spiro atoms. The number of ether oxygens (including phenoxy) is 1. The number of hydrogen-bond acceptors (Lipinski definition) is 5. The van der Waals surface area contributed by atoms with Gasteiger partial charge in [0.1, 0.15) is 6.04 Å². The van der Waals surface area contributed by atoms with Crippen LogP contribution in [-0.4, -0.2) is 75.5 Å². The average molecular weight is 298 g/mol. The highest BCUT2D eigenvalue weighted by atomic mass is 16.5. The first kappa shape index (κ1) is 15.3. The van der Waals surface area contributed by atoms with Crippen molar-refractivity contribution in [3.63, 3.8) is 0 Å². The van der Waals surface area contributed by atoms with Crippen molar-refractivity contribution in [1.82, 2.24) is 20.2 Å². The molecule has 116 valence electrons. The molecular formula is C12H18N4O5. The van der Waals surface area contributed by atoms with E-state index >= 15 is 0 Å². The molecular weight excluding hydrogens is 280 g/mol. The van der Waals surface area contributed by atoms with E-state index in [0.29, 0.717) is 18.8 Å². The summed E-state index contributed by atoms with van der Waals surface area (Å²) in [5.74, 6) is -1.12. The lowest BCUT2D eigenvalue weighted by Crippen LogP contribution is -2.54. The molecule has 1 aliphatic rings. The summed E-state index contributed by atoms with van der Waals surface area (Å²) < 4.78 is 5.24. The van der Waals surface area contributed by atoms with E-state index in [1.807, 2.05) is 0 Å². The second-order valence-corrected chi connectivity index (χ2v) is 4.74. The molecule has 2 heterocycles. The SMILES string of the molecule is O=C(O)C(Cc1cnc[nH]1)NC(=O)N1CCOC(CO)C1. The van der Waals surface area contributed by atoms with Crippen LogP contribution >= 0.6 is 0 Å². The Balaban J connectivity index is 1.93. The fourth-order valence-corrected chi connectivity index (χ4v) is 2.07. The maximum absolute atomic E-state index is 12.1. The Morgan fingerprint density at radius 2 is 2.43 bits per heavy atom. The number of aliphatic carboxylic acids is 1. The number of aromatic amines is 1. The maximum atomic E-state index is 12.1. The van der Waals surface area contributed by atoms with Crippen molar-refractivity contribution >= 4 is 12.0 Å². The van der Waals surface area contributed by atoms with Crippen LogP contribution < -0.4 is 5.32 Å². The normalized spacial score (nSPS) is 20.0. The van der Waals surface area contributed by atoms with Crippen LogP contribution in [0.5, 0.6) is 0 Å². The van der Waals surface area contributed by atoms with E-state index in [1.54, 1.807) is 0 Å². The number of aliphatic hydroxyl groups is 1. The molecule has 0 aliphatic carbocycles. The summed E-state index contributed by atoms with van der Waals surface area (Å²) in [6.07, 6.45) is 2.65. The van der Waals surface area contributed by atoms with E-state index in [1.165, 1.54) is 17.4 Å². The third-order valence-electron chi connectivity index (χ3n) is 3.20. The number of carbonyl (C=O) groups is 2. The molecule has 2 atom stereocenters. The zero-order valence-corrected chi connectivity index (χ0v) is 11.4. The van der Waals surface area contributed by atoms with Gasteiger partial charge in [-0.2, -0.15) is 0 Å². The number of urea groups is 1. The minimum Gasteiger partial charge on any atom is -0.480 e. The molecule has 1 aliphatic heterocycles. The van der Waals surface area contributed by atoms with Crippen LogP contribution in [0.15, 0.2) is 12.5 Å². The number of hydrogen-bond donors (Lipinski definition) is 4. The van der Waals surface area contributed by atoms with Crippen molar-refractivity contribution in [1.29, 1.82) is 0 Å². The minimum absolute atomic E-state index is 0.120. The number of carboxylic acid groups (broad SMARTS) is 1. The molecule has 2 rings (SSSR count). The van der Waals surface area contributed by atoms with Gasteiger partial charge in [0.2, 0.25) is 0 Å². The predicted octanol–water partition coefficient (Wildman–Crippen LogP) is -1.19. The second-order valence-electron chi connectivity index (χ2n) is 4.74. The van der Waals surface area contributed by atoms with Gasteiger partial charge in [0.15, 0.2) is 0 Å². The monoisotopic (exact) mass is 298 g/mol. The summed E-state index contributed by atoms with van der Waals surface area (Å²) in [4.78, 5) is 31.4. The summed E-state index contributed by atoms with van der Waals surface area (Å²) in [6, 6.07) is -1.53. The third kappa shape index (κ3) is 4.17. The van der Waals surface area contributed by atoms with Crippen molar-refractivity contribution < 1.29 is 24.5 Å². The Morgan fingerprint density at radius 1 is 1.62 bits per heavy atom. The largest absolute Gasteiger partial charge is 0.480 e. The fraction of sp³-hybridized carbons (Fsp3) is 0.583. The van der Waals surface area contributed by atoms with Gasteiger partial charge in [-0.25, -0.2) is 14.6 Å². The van der Waals surface area contributed by atoms with Crippen molar-refractivity contribution in [2.45, 2.75) is 18.6 Å². The van der Waals surface area contributed by atoms with Gasteiger partial charge in [0.25, 0.3) is 0 Å². The summed E-state index contributed by atoms with van der Waals surface area (Å²) in [7, 11) is 0. The van der Waals surface area contributed by atoms with Crippen molar-refractivity contribution in [3.05, 3.63) is 18.2 Å². The molecule has 2 amide bonds. The zero-order valence-electron chi connectivity index (χ0n) is 11.4. The zero-order chi connectivity index (χ0) is 15.2. The number of carboxylic acids is 1. The first-order valence-corrected chi connectivity index (χ1v) is 6.58. The van der Waals surface area contributed by atoms with E-state index in [4.69, 9.17) is 9.84 Å². The third-order valence-corrected chi connectivity index (χ3v) is 3.20. The predicted molar refractivity (Wildman–Crippen MR) is 70.6 cm³/mol. The number of nitrogens with one attached hydrogen (secondary N) is 2. The van der Waals surface area contributed by atoms with Gasteiger partial charge >= 0.3 is 12.0 Å². The van der Waals surface area contributed by atoms with E-state index in [2.05, 4.69) is 15.3 Å². The van der Waals surface area contributed by atoms with Crippen molar-refractivity contribution in [2.75, 3.05) is 26.3 Å². The molecule has 1 aromatic heterocycles. The number of imidazole rings is 1. The van der Waals surface area contributed by atoms with Gasteiger partial charge in [0.05, 0.1) is 32.2 Å². The van der Waals surface area contributed by atoms with E-state index < -0.39 is 24.1 Å². The summed E-state index contributed by atoms with van der Waals surface area (Å²) in [5.41, 5.74) is 0.623. The number of nitrogens with zero attached hydrogens (tertiary/aromatic N) is 2. The molecule has 9 nitrogen and oxygen atoms in total. The van der Waals surface area contributed by atoms with Crippen LogP contribution in [0.4, 0.5) is 4.79 Å². The van der Waals surface area contributed by atoms with Crippen molar-refractivity contribution in [3.8, 4) is 0 Å². The van der Waals surface area contributed by atoms with Crippen LogP contribution in [0.25, 0.3) is 0 Å². The van der Waals surface area contributed by atoms with Gasteiger partial charge in [-0.05, 0) is 0 Å². The number of carbonyl (C=O) groups excluding carboxylic acids is 1. The number of amides is 2. The Hall–Kier alpha value is -2.13. The molecule has 0 radical (unpaired) electrons. The Bertz CT molecular complexity index is 478. The standard InChI is InChI=1S/C12H18N4O5/c17-6-9-5-16(1-2-21-9)12(20)15-10(11(18)19)3-8-4-13-7-14-8/h4,7,9-10,17H,1-3,5-6H2,(H,13,14)(H,15,20)(H,18,19). The quantitative estimate of drug-likeness (QED) is 0.541. The van der Waals surface area contributed by atoms with E-state index in [-0.39, 0.29) is 19.6 Å². The number of rotatable bonds is 5. The molecule has 4 N–H and O–H groups in total. The van der Waals surface area contributed by atoms with Crippen LogP contribution in [0.2, 0.25) is 0 Å². The maximum Gasteiger partial charge on any atom is 0.326 e. The molecule has 21 heavy (non-hydrogen) atoms. The van der Waals surface area contributed by atoms with Gasteiger partial charge in [-0.3, -0.25) is 0 Å². The minimum atomic E-state index is -1.12. The van der Waals surface area contributed by atoms with Crippen molar-refractivity contribution in [2.24, 2.45) is 0 Å². The molecule has 0 bridgehead atoms. The molecule has 9 heteroatoms. The first-order valence-electron chi connectivity index (χ1n) is 6.58. The smallest absolute Gasteiger partial charge is 0.326 e. The highest BCUT2D eigenvalue weighted by molar-refractivity contribution is 5.82. The van der Waals surface area contributed by atoms with E-state index in [9.17, 15) is 14.7 Å². The van der Waals surface area contributed by atoms with Crippen LogP contribution in [0.3, 0.4) is 0 Å². The lowest BCUT2D eigenvalue weighted by atomic mass is 10.1. The van der Waals surface area contributed by atoms with Crippen LogP contribution in [0.1, 0.15) is 5.69 Å². The molecule has 0 aromatic carbocycles. The van der Waals surface area contributed by atoms with Crippen LogP contribution in [0, 0.1) is 0 Å².